The molecule has 0 radical (unpaired) electrons. The Hall–Kier alpha value is -3.93. The normalized spacial score (nSPS) is 22.4. The Morgan fingerprint density at radius 1 is 0.875 bits per heavy atom. The maximum Gasteiger partial charge on any atom is 0.303 e. The third kappa shape index (κ3) is 8.04. The first-order valence-electron chi connectivity index (χ1n) is 13.0. The van der Waals surface area contributed by atoms with Crippen molar-refractivity contribution in [3.05, 3.63) is 46.6 Å². The fraction of sp³-hybridized carbons (Fsp3) is 0.536. The van der Waals surface area contributed by atoms with Crippen molar-refractivity contribution in [2.45, 2.75) is 91.5 Å². The van der Waals surface area contributed by atoms with Crippen molar-refractivity contribution < 1.29 is 47.6 Å². The second kappa shape index (κ2) is 13.4. The van der Waals surface area contributed by atoms with Crippen molar-refractivity contribution in [3.63, 3.8) is 0 Å². The Balaban J connectivity index is 1.97. The van der Waals surface area contributed by atoms with Gasteiger partial charge in [-0.1, -0.05) is 38.1 Å². The molecular weight excluding hydrogens is 524 g/mol. The number of nitrogens with zero attached hydrogens (tertiary/aromatic N) is 1. The smallest absolute Gasteiger partial charge is 0.303 e. The lowest BCUT2D eigenvalue weighted by atomic mass is 9.98. The summed E-state index contributed by atoms with van der Waals surface area (Å²) < 4.78 is 33.6. The predicted octanol–water partition coefficient (Wildman–Crippen LogP) is 2.89. The van der Waals surface area contributed by atoms with Gasteiger partial charge in [0.1, 0.15) is 12.7 Å². The summed E-state index contributed by atoms with van der Waals surface area (Å²) in [7, 11) is 0. The SMILES string of the molecule is CC(=O)OC[C@H]1O[C@@H](Oc2n[nH]c(C)c2Cc2ccc(C(C)C)cc2)[C@H](OC(C)=O)[C@@H](OC(C)=O)[C@@H]1OC(C)=O. The molecule has 12 nitrogen and oxygen atoms in total. The number of H-pyrrole nitrogens is 1. The number of carbonyl (C=O) groups is 4. The molecule has 218 valence electrons. The van der Waals surface area contributed by atoms with Crippen LogP contribution in [-0.4, -0.2) is 71.4 Å². The molecule has 3 rings (SSSR count). The van der Waals surface area contributed by atoms with Gasteiger partial charge in [-0.15, -0.1) is 5.10 Å². The molecule has 1 aliphatic heterocycles. The van der Waals surface area contributed by atoms with Crippen molar-refractivity contribution in [3.8, 4) is 5.88 Å². The van der Waals surface area contributed by atoms with E-state index in [0.717, 1.165) is 30.7 Å². The Morgan fingerprint density at radius 3 is 2.00 bits per heavy atom. The lowest BCUT2D eigenvalue weighted by Crippen LogP contribution is -2.63. The lowest BCUT2D eigenvalue weighted by Gasteiger charge is -2.43. The number of carbonyl (C=O) groups excluding carboxylic acids is 4. The number of hydrogen-bond acceptors (Lipinski definition) is 11. The zero-order valence-electron chi connectivity index (χ0n) is 23.7. The zero-order chi connectivity index (χ0) is 29.6. The maximum atomic E-state index is 12.1. The van der Waals surface area contributed by atoms with Crippen molar-refractivity contribution in [2.75, 3.05) is 6.61 Å². The van der Waals surface area contributed by atoms with Crippen LogP contribution in [0.5, 0.6) is 5.88 Å². The van der Waals surface area contributed by atoms with E-state index in [-0.39, 0.29) is 12.5 Å². The molecular formula is C28H36N2O10. The molecule has 2 aromatic rings. The first-order chi connectivity index (χ1) is 18.8. The second-order valence-electron chi connectivity index (χ2n) is 9.89. The summed E-state index contributed by atoms with van der Waals surface area (Å²) >= 11 is 0. The van der Waals surface area contributed by atoms with E-state index in [0.29, 0.717) is 12.3 Å². The van der Waals surface area contributed by atoms with Gasteiger partial charge < -0.3 is 28.4 Å². The highest BCUT2D eigenvalue weighted by Crippen LogP contribution is 2.32. The molecule has 0 saturated carbocycles. The average molecular weight is 561 g/mol. The summed E-state index contributed by atoms with van der Waals surface area (Å²) in [5.41, 5.74) is 3.70. The molecule has 1 N–H and O–H groups in total. The van der Waals surface area contributed by atoms with Gasteiger partial charge in [-0.05, 0) is 24.0 Å². The van der Waals surface area contributed by atoms with E-state index in [1.165, 1.54) is 19.4 Å². The number of benzene rings is 1. The lowest BCUT2D eigenvalue weighted by molar-refractivity contribution is -0.289. The molecule has 0 spiro atoms. The summed E-state index contributed by atoms with van der Waals surface area (Å²) in [5.74, 6) is -2.21. The van der Waals surface area contributed by atoms with Crippen LogP contribution >= 0.6 is 0 Å². The highest BCUT2D eigenvalue weighted by atomic mass is 16.7. The van der Waals surface area contributed by atoms with Crippen LogP contribution in [0.4, 0.5) is 0 Å². The van der Waals surface area contributed by atoms with Crippen molar-refractivity contribution in [1.29, 1.82) is 0 Å². The summed E-state index contributed by atoms with van der Waals surface area (Å²) in [6.07, 6.45) is -5.98. The quantitative estimate of drug-likeness (QED) is 0.337. The number of aryl methyl sites for hydroxylation is 1. The summed E-state index contributed by atoms with van der Waals surface area (Å²) in [4.78, 5) is 47.6. The Morgan fingerprint density at radius 2 is 1.45 bits per heavy atom. The molecule has 12 heteroatoms. The second-order valence-corrected chi connectivity index (χ2v) is 9.89. The van der Waals surface area contributed by atoms with E-state index >= 15 is 0 Å². The van der Waals surface area contributed by atoms with E-state index in [9.17, 15) is 19.2 Å². The monoisotopic (exact) mass is 560 g/mol. The molecule has 1 saturated heterocycles. The van der Waals surface area contributed by atoms with Crippen LogP contribution in [0, 0.1) is 6.92 Å². The molecule has 5 atom stereocenters. The molecule has 40 heavy (non-hydrogen) atoms. The number of nitrogens with one attached hydrogen (secondary N) is 1. The largest absolute Gasteiger partial charge is 0.463 e. The van der Waals surface area contributed by atoms with Crippen molar-refractivity contribution in [2.24, 2.45) is 0 Å². The van der Waals surface area contributed by atoms with Gasteiger partial charge in [0.2, 0.25) is 18.3 Å². The molecule has 1 aliphatic rings. The van der Waals surface area contributed by atoms with E-state index in [4.69, 9.17) is 28.4 Å². The molecule has 2 heterocycles. The topological polar surface area (TPSA) is 152 Å². The van der Waals surface area contributed by atoms with E-state index in [1.807, 2.05) is 19.1 Å². The highest BCUT2D eigenvalue weighted by molar-refractivity contribution is 5.68. The van der Waals surface area contributed by atoms with Gasteiger partial charge in [0.25, 0.3) is 0 Å². The highest BCUT2D eigenvalue weighted by Gasteiger charge is 2.53. The molecule has 0 unspecified atom stereocenters. The molecule has 1 fully saturated rings. The molecule has 0 bridgehead atoms. The Kier molecular flexibility index (Phi) is 10.3. The Bertz CT molecular complexity index is 1210. The fourth-order valence-electron chi connectivity index (χ4n) is 4.35. The van der Waals surface area contributed by atoms with Crippen LogP contribution < -0.4 is 4.74 Å². The number of aromatic nitrogens is 2. The Labute approximate surface area is 232 Å². The van der Waals surface area contributed by atoms with Crippen LogP contribution in [0.2, 0.25) is 0 Å². The first kappa shape index (κ1) is 30.6. The van der Waals surface area contributed by atoms with Crippen molar-refractivity contribution >= 4 is 23.9 Å². The molecule has 1 aromatic carbocycles. The van der Waals surface area contributed by atoms with E-state index in [2.05, 4.69) is 36.2 Å². The zero-order valence-corrected chi connectivity index (χ0v) is 23.7. The van der Waals surface area contributed by atoms with Crippen LogP contribution in [-0.2, 0) is 49.3 Å². The van der Waals surface area contributed by atoms with Crippen LogP contribution in [0.25, 0.3) is 0 Å². The maximum absolute atomic E-state index is 12.1. The van der Waals surface area contributed by atoms with Gasteiger partial charge in [0.05, 0.1) is 0 Å². The first-order valence-corrected chi connectivity index (χ1v) is 13.0. The van der Waals surface area contributed by atoms with Gasteiger partial charge in [-0.2, -0.15) is 0 Å². The van der Waals surface area contributed by atoms with Gasteiger partial charge in [-0.3, -0.25) is 24.3 Å². The summed E-state index contributed by atoms with van der Waals surface area (Å²) in [5, 5.41) is 7.17. The number of aromatic amines is 1. The van der Waals surface area contributed by atoms with Crippen molar-refractivity contribution in [1.82, 2.24) is 10.2 Å². The minimum absolute atomic E-state index is 0.173. The third-order valence-corrected chi connectivity index (χ3v) is 6.24. The third-order valence-electron chi connectivity index (χ3n) is 6.24. The molecule has 0 aliphatic carbocycles. The number of esters is 4. The molecule has 0 amide bonds. The number of hydrogen-bond donors (Lipinski definition) is 1. The number of rotatable bonds is 10. The van der Waals surface area contributed by atoms with Gasteiger partial charge in [0.15, 0.2) is 12.2 Å². The minimum Gasteiger partial charge on any atom is -0.463 e. The summed E-state index contributed by atoms with van der Waals surface area (Å²) in [6.45, 7) is 10.4. The van der Waals surface area contributed by atoms with Crippen LogP contribution in [0.15, 0.2) is 24.3 Å². The van der Waals surface area contributed by atoms with Gasteiger partial charge >= 0.3 is 23.9 Å². The van der Waals surface area contributed by atoms with Gasteiger partial charge in [-0.25, -0.2) is 0 Å². The predicted molar refractivity (Wildman–Crippen MR) is 139 cm³/mol. The van der Waals surface area contributed by atoms with Gasteiger partial charge in [0, 0.05) is 45.4 Å². The average Bonchev–Trinajstić information content (AvgIpc) is 3.19. The fourth-order valence-corrected chi connectivity index (χ4v) is 4.35. The van der Waals surface area contributed by atoms with E-state index < -0.39 is 54.6 Å². The minimum atomic E-state index is -1.37. The molecule has 1 aromatic heterocycles. The standard InChI is InChI=1S/C28H36N2O10/c1-14(2)21-10-8-20(9-11-21)12-22-15(3)29-30-27(22)40-28-26(38-19(7)34)25(37-18(6)33)24(36-17(5)32)23(39-28)13-35-16(4)31/h8-11,14,23-26,28H,12-13H2,1-7H3,(H,29,30)/t23-,24-,25+,26-,28+/m1/s1. The summed E-state index contributed by atoms with van der Waals surface area (Å²) in [6, 6.07) is 8.19. The van der Waals surface area contributed by atoms with Crippen LogP contribution in [0.3, 0.4) is 0 Å². The number of ether oxygens (including phenoxy) is 6. The van der Waals surface area contributed by atoms with Crippen LogP contribution in [0.1, 0.15) is 69.8 Å². The van der Waals surface area contributed by atoms with E-state index in [1.54, 1.807) is 0 Å².